The zero-order chi connectivity index (χ0) is 14.5. The lowest BCUT2D eigenvalue weighted by Gasteiger charge is -2.18. The van der Waals surface area contributed by atoms with Crippen molar-refractivity contribution in [2.24, 2.45) is 0 Å². The van der Waals surface area contributed by atoms with Gasteiger partial charge in [0.15, 0.2) is 0 Å². The van der Waals surface area contributed by atoms with Gasteiger partial charge in [0.05, 0.1) is 12.3 Å². The van der Waals surface area contributed by atoms with E-state index in [0.29, 0.717) is 18.1 Å². The number of methoxy groups -OCH3 is 1. The molecule has 1 unspecified atom stereocenters. The third kappa shape index (κ3) is 4.65. The van der Waals surface area contributed by atoms with Gasteiger partial charge < -0.3 is 10.5 Å². The molecule has 0 amide bonds. The zero-order valence-corrected chi connectivity index (χ0v) is 12.6. The molecule has 0 aliphatic rings. The van der Waals surface area contributed by atoms with Crippen LogP contribution >= 0.6 is 11.6 Å². The number of nitrogen functional groups attached to an aromatic ring is 1. The maximum atomic E-state index is 12.2. The van der Waals surface area contributed by atoms with Crippen molar-refractivity contribution >= 4 is 27.3 Å². The van der Waals surface area contributed by atoms with Crippen molar-refractivity contribution in [1.82, 2.24) is 4.72 Å². The van der Waals surface area contributed by atoms with Crippen LogP contribution in [-0.2, 0) is 14.8 Å². The summed E-state index contributed by atoms with van der Waals surface area (Å²) in [4.78, 5) is 0.0362. The Morgan fingerprint density at radius 2 is 2.16 bits per heavy atom. The quantitative estimate of drug-likeness (QED) is 0.755. The van der Waals surface area contributed by atoms with Crippen LogP contribution in [0.15, 0.2) is 23.1 Å². The number of hydrogen-bond donors (Lipinski definition) is 2. The molecule has 108 valence electrons. The highest BCUT2D eigenvalue weighted by Crippen LogP contribution is 2.22. The molecule has 0 spiro atoms. The smallest absolute Gasteiger partial charge is 0.242 e. The highest BCUT2D eigenvalue weighted by Gasteiger charge is 2.21. The maximum Gasteiger partial charge on any atom is 0.242 e. The summed E-state index contributed by atoms with van der Waals surface area (Å²) in [6, 6.07) is 4.05. The van der Waals surface area contributed by atoms with E-state index in [1.165, 1.54) is 25.3 Å². The summed E-state index contributed by atoms with van der Waals surface area (Å²) in [5, 5.41) is 0.401. The van der Waals surface area contributed by atoms with Crippen LogP contribution in [0.3, 0.4) is 0 Å². The lowest BCUT2D eigenvalue weighted by Crippen LogP contribution is -2.38. The first kappa shape index (κ1) is 16.2. The summed E-state index contributed by atoms with van der Waals surface area (Å²) in [5.41, 5.74) is 5.83. The Labute approximate surface area is 119 Å². The molecule has 19 heavy (non-hydrogen) atoms. The van der Waals surface area contributed by atoms with Gasteiger partial charge in [0.2, 0.25) is 10.0 Å². The molecule has 3 N–H and O–H groups in total. The SMILES string of the molecule is CCCC(COC)NS(=O)(=O)c1ccc(Cl)cc1N. The molecular weight excluding hydrogens is 288 g/mol. The van der Waals surface area contributed by atoms with E-state index in [9.17, 15) is 8.42 Å². The second-order valence-electron chi connectivity index (χ2n) is 4.24. The van der Waals surface area contributed by atoms with E-state index >= 15 is 0 Å². The highest BCUT2D eigenvalue weighted by atomic mass is 35.5. The Hall–Kier alpha value is -0.820. The van der Waals surface area contributed by atoms with Gasteiger partial charge in [0.1, 0.15) is 4.90 Å². The first-order valence-electron chi connectivity index (χ1n) is 5.97. The fourth-order valence-electron chi connectivity index (χ4n) is 1.77. The number of halogens is 1. The normalized spacial score (nSPS) is 13.4. The molecule has 0 aromatic heterocycles. The van der Waals surface area contributed by atoms with E-state index in [0.717, 1.165) is 6.42 Å². The number of ether oxygens (including phenoxy) is 1. The van der Waals surface area contributed by atoms with Gasteiger partial charge in [-0.15, -0.1) is 0 Å². The fraction of sp³-hybridized carbons (Fsp3) is 0.500. The van der Waals surface area contributed by atoms with Crippen molar-refractivity contribution in [2.45, 2.75) is 30.7 Å². The Morgan fingerprint density at radius 3 is 2.68 bits per heavy atom. The minimum absolute atomic E-state index is 0.0362. The van der Waals surface area contributed by atoms with Gasteiger partial charge in [-0.05, 0) is 24.6 Å². The Bertz CT molecular complexity index is 514. The predicted octanol–water partition coefficient (Wildman–Crippen LogP) is 2.02. The molecule has 0 heterocycles. The summed E-state index contributed by atoms with van der Waals surface area (Å²) in [5.74, 6) is 0. The molecule has 0 saturated carbocycles. The van der Waals surface area contributed by atoms with Gasteiger partial charge in [-0.2, -0.15) is 0 Å². The monoisotopic (exact) mass is 306 g/mol. The van der Waals surface area contributed by atoms with Crippen molar-refractivity contribution in [3.63, 3.8) is 0 Å². The Morgan fingerprint density at radius 1 is 1.47 bits per heavy atom. The molecule has 0 aliphatic heterocycles. The Kier molecular flexibility index (Phi) is 6.06. The largest absolute Gasteiger partial charge is 0.398 e. The molecule has 1 aromatic carbocycles. The summed E-state index contributed by atoms with van der Waals surface area (Å²) in [6.45, 7) is 2.30. The fourth-order valence-corrected chi connectivity index (χ4v) is 3.32. The molecule has 1 rings (SSSR count). The number of nitrogens with two attached hydrogens (primary N) is 1. The van der Waals surface area contributed by atoms with E-state index < -0.39 is 10.0 Å². The molecule has 0 fully saturated rings. The van der Waals surface area contributed by atoms with Crippen LogP contribution in [0.5, 0.6) is 0 Å². The topological polar surface area (TPSA) is 81.4 Å². The van der Waals surface area contributed by atoms with Gasteiger partial charge >= 0.3 is 0 Å². The Balaban J connectivity index is 2.96. The highest BCUT2D eigenvalue weighted by molar-refractivity contribution is 7.89. The standard InChI is InChI=1S/C12H19ClN2O3S/c1-3-4-10(8-18-2)15-19(16,17)12-6-5-9(13)7-11(12)14/h5-7,10,15H,3-4,8,14H2,1-2H3. The van der Waals surface area contributed by atoms with Crippen molar-refractivity contribution in [1.29, 1.82) is 0 Å². The lowest BCUT2D eigenvalue weighted by atomic mass is 10.2. The molecule has 0 aliphatic carbocycles. The van der Waals surface area contributed by atoms with Crippen molar-refractivity contribution in [3.05, 3.63) is 23.2 Å². The second-order valence-corrected chi connectivity index (χ2v) is 6.36. The third-order valence-corrected chi connectivity index (χ3v) is 4.42. The van der Waals surface area contributed by atoms with Crippen LogP contribution in [0.1, 0.15) is 19.8 Å². The molecule has 5 nitrogen and oxygen atoms in total. The zero-order valence-electron chi connectivity index (χ0n) is 11.0. The molecule has 0 bridgehead atoms. The van der Waals surface area contributed by atoms with Crippen LogP contribution in [-0.4, -0.2) is 28.2 Å². The van der Waals surface area contributed by atoms with E-state index in [1.54, 1.807) is 0 Å². The number of benzene rings is 1. The number of sulfonamides is 1. The summed E-state index contributed by atoms with van der Waals surface area (Å²) in [7, 11) is -2.13. The summed E-state index contributed by atoms with van der Waals surface area (Å²) in [6.07, 6.45) is 1.55. The summed E-state index contributed by atoms with van der Waals surface area (Å²) < 4.78 is 32.1. The molecule has 0 radical (unpaired) electrons. The molecule has 1 atom stereocenters. The van der Waals surface area contributed by atoms with Crippen molar-refractivity contribution in [3.8, 4) is 0 Å². The minimum Gasteiger partial charge on any atom is -0.398 e. The average molecular weight is 307 g/mol. The summed E-state index contributed by atoms with van der Waals surface area (Å²) >= 11 is 5.76. The second kappa shape index (κ2) is 7.09. The van der Waals surface area contributed by atoms with Crippen LogP contribution in [0.4, 0.5) is 5.69 Å². The van der Waals surface area contributed by atoms with E-state index in [1.807, 2.05) is 6.92 Å². The van der Waals surface area contributed by atoms with Gasteiger partial charge in [0.25, 0.3) is 0 Å². The molecule has 7 heteroatoms. The molecule has 1 aromatic rings. The average Bonchev–Trinajstić information content (AvgIpc) is 2.28. The van der Waals surface area contributed by atoms with E-state index in [-0.39, 0.29) is 16.6 Å². The third-order valence-electron chi connectivity index (χ3n) is 2.59. The van der Waals surface area contributed by atoms with Crippen molar-refractivity contribution in [2.75, 3.05) is 19.5 Å². The predicted molar refractivity (Wildman–Crippen MR) is 76.8 cm³/mol. The number of rotatable bonds is 7. The maximum absolute atomic E-state index is 12.2. The van der Waals surface area contributed by atoms with Gasteiger partial charge in [-0.25, -0.2) is 13.1 Å². The van der Waals surface area contributed by atoms with Crippen LogP contribution in [0, 0.1) is 0 Å². The van der Waals surface area contributed by atoms with Gasteiger partial charge in [-0.1, -0.05) is 24.9 Å². The number of anilines is 1. The van der Waals surface area contributed by atoms with Gasteiger partial charge in [-0.3, -0.25) is 0 Å². The van der Waals surface area contributed by atoms with Crippen LogP contribution < -0.4 is 10.5 Å². The van der Waals surface area contributed by atoms with Crippen molar-refractivity contribution < 1.29 is 13.2 Å². The lowest BCUT2D eigenvalue weighted by molar-refractivity contribution is 0.171. The first-order chi connectivity index (χ1) is 8.90. The van der Waals surface area contributed by atoms with Crippen LogP contribution in [0.25, 0.3) is 0 Å². The van der Waals surface area contributed by atoms with Gasteiger partial charge in [0, 0.05) is 18.2 Å². The molecule has 0 saturated heterocycles. The number of nitrogens with one attached hydrogen (secondary N) is 1. The number of hydrogen-bond acceptors (Lipinski definition) is 4. The molecular formula is C12H19ClN2O3S. The van der Waals surface area contributed by atoms with E-state index in [4.69, 9.17) is 22.1 Å². The minimum atomic E-state index is -3.66. The first-order valence-corrected chi connectivity index (χ1v) is 7.83. The van der Waals surface area contributed by atoms with Crippen LogP contribution in [0.2, 0.25) is 5.02 Å². The van der Waals surface area contributed by atoms with E-state index in [2.05, 4.69) is 4.72 Å².